The molecule has 0 radical (unpaired) electrons. The standard InChI is InChI=1S/C14H17FN6O/c1-22-13-6-12(18-9-19-13)20-11-2-4-21(5-3-11)14-16-7-10(15)8-17-14/h6-9,11H,2-5H2,1H3,(H,18,19,20). The molecule has 1 fully saturated rings. The van der Waals surface area contributed by atoms with Gasteiger partial charge in [0.05, 0.1) is 19.5 Å². The van der Waals surface area contributed by atoms with Gasteiger partial charge in [-0.25, -0.2) is 24.3 Å². The van der Waals surface area contributed by atoms with Gasteiger partial charge in [0.25, 0.3) is 0 Å². The van der Waals surface area contributed by atoms with Crippen LogP contribution in [0.1, 0.15) is 12.8 Å². The summed E-state index contributed by atoms with van der Waals surface area (Å²) in [5.74, 6) is 1.44. The maximum atomic E-state index is 12.8. The molecule has 0 bridgehead atoms. The number of nitrogens with zero attached hydrogens (tertiary/aromatic N) is 5. The molecule has 3 rings (SSSR count). The lowest BCUT2D eigenvalue weighted by atomic mass is 10.1. The van der Waals surface area contributed by atoms with Crippen molar-refractivity contribution in [3.05, 3.63) is 30.6 Å². The molecule has 1 aliphatic rings. The van der Waals surface area contributed by atoms with Crippen LogP contribution < -0.4 is 15.0 Å². The van der Waals surface area contributed by atoms with E-state index in [1.54, 1.807) is 13.2 Å². The molecule has 2 aromatic rings. The first-order chi connectivity index (χ1) is 10.7. The van der Waals surface area contributed by atoms with E-state index in [1.165, 1.54) is 18.7 Å². The van der Waals surface area contributed by atoms with E-state index >= 15 is 0 Å². The van der Waals surface area contributed by atoms with Crippen LogP contribution in [-0.2, 0) is 0 Å². The van der Waals surface area contributed by atoms with Crippen molar-refractivity contribution in [3.8, 4) is 5.88 Å². The van der Waals surface area contributed by atoms with E-state index in [4.69, 9.17) is 4.74 Å². The monoisotopic (exact) mass is 304 g/mol. The Balaban J connectivity index is 1.56. The SMILES string of the molecule is COc1cc(NC2CCN(c3ncc(F)cn3)CC2)ncn1. The lowest BCUT2D eigenvalue weighted by Crippen LogP contribution is -2.40. The van der Waals surface area contributed by atoms with Crippen LogP contribution in [-0.4, -0.2) is 46.2 Å². The van der Waals surface area contributed by atoms with Crippen molar-refractivity contribution in [1.29, 1.82) is 0 Å². The van der Waals surface area contributed by atoms with Gasteiger partial charge in [0.2, 0.25) is 11.8 Å². The second-order valence-electron chi connectivity index (χ2n) is 5.05. The molecule has 0 amide bonds. The molecule has 22 heavy (non-hydrogen) atoms. The van der Waals surface area contributed by atoms with Crippen LogP contribution in [0.3, 0.4) is 0 Å². The number of piperidine rings is 1. The molecule has 7 nitrogen and oxygen atoms in total. The van der Waals surface area contributed by atoms with Gasteiger partial charge in [-0.05, 0) is 12.8 Å². The van der Waals surface area contributed by atoms with Gasteiger partial charge in [0.1, 0.15) is 12.1 Å². The van der Waals surface area contributed by atoms with Gasteiger partial charge < -0.3 is 15.0 Å². The predicted molar refractivity (Wildman–Crippen MR) is 79.4 cm³/mol. The Morgan fingerprint density at radius 3 is 2.59 bits per heavy atom. The fraction of sp³-hybridized carbons (Fsp3) is 0.429. The van der Waals surface area contributed by atoms with E-state index in [9.17, 15) is 4.39 Å². The van der Waals surface area contributed by atoms with Gasteiger partial charge in [0.15, 0.2) is 5.82 Å². The number of halogens is 1. The molecule has 0 atom stereocenters. The lowest BCUT2D eigenvalue weighted by Gasteiger charge is -2.32. The zero-order valence-corrected chi connectivity index (χ0v) is 12.2. The largest absolute Gasteiger partial charge is 0.481 e. The van der Waals surface area contributed by atoms with Crippen LogP contribution in [0, 0.1) is 5.82 Å². The third kappa shape index (κ3) is 3.38. The molecule has 2 aromatic heterocycles. The third-order valence-corrected chi connectivity index (χ3v) is 3.59. The highest BCUT2D eigenvalue weighted by molar-refractivity contribution is 5.39. The summed E-state index contributed by atoms with van der Waals surface area (Å²) in [7, 11) is 1.58. The van der Waals surface area contributed by atoms with Crippen molar-refractivity contribution >= 4 is 11.8 Å². The number of ether oxygens (including phenoxy) is 1. The topological polar surface area (TPSA) is 76.1 Å². The van der Waals surface area contributed by atoms with E-state index in [-0.39, 0.29) is 0 Å². The highest BCUT2D eigenvalue weighted by Gasteiger charge is 2.21. The summed E-state index contributed by atoms with van der Waals surface area (Å²) in [4.78, 5) is 18.3. The van der Waals surface area contributed by atoms with Crippen molar-refractivity contribution in [2.24, 2.45) is 0 Å². The summed E-state index contributed by atoms with van der Waals surface area (Å²) in [6.07, 6.45) is 5.71. The summed E-state index contributed by atoms with van der Waals surface area (Å²) in [5, 5.41) is 3.38. The Morgan fingerprint density at radius 1 is 1.18 bits per heavy atom. The van der Waals surface area contributed by atoms with Crippen LogP contribution in [0.2, 0.25) is 0 Å². The molecular weight excluding hydrogens is 287 g/mol. The summed E-state index contributed by atoms with van der Waals surface area (Å²) in [6.45, 7) is 1.62. The molecule has 0 unspecified atom stereocenters. The average Bonchev–Trinajstić information content (AvgIpc) is 2.57. The number of methoxy groups -OCH3 is 1. The fourth-order valence-electron chi connectivity index (χ4n) is 2.43. The van der Waals surface area contributed by atoms with Crippen LogP contribution in [0.15, 0.2) is 24.8 Å². The number of hydrogen-bond donors (Lipinski definition) is 1. The van der Waals surface area contributed by atoms with E-state index in [1.807, 2.05) is 0 Å². The number of rotatable bonds is 4. The van der Waals surface area contributed by atoms with Gasteiger partial charge in [-0.2, -0.15) is 0 Å². The number of nitrogens with one attached hydrogen (secondary N) is 1. The van der Waals surface area contributed by atoms with Gasteiger partial charge in [-0.3, -0.25) is 0 Å². The molecule has 0 spiro atoms. The second-order valence-corrected chi connectivity index (χ2v) is 5.05. The van der Waals surface area contributed by atoms with Gasteiger partial charge >= 0.3 is 0 Å². The minimum absolute atomic E-state index is 0.316. The Morgan fingerprint density at radius 2 is 1.91 bits per heavy atom. The van der Waals surface area contributed by atoms with Crippen LogP contribution in [0.5, 0.6) is 5.88 Å². The van der Waals surface area contributed by atoms with Crippen molar-refractivity contribution < 1.29 is 9.13 Å². The molecule has 3 heterocycles. The van der Waals surface area contributed by atoms with Gasteiger partial charge in [-0.1, -0.05) is 0 Å². The second kappa shape index (κ2) is 6.50. The van der Waals surface area contributed by atoms with Gasteiger partial charge in [-0.15, -0.1) is 0 Å². The van der Waals surface area contributed by atoms with E-state index in [0.717, 1.165) is 31.7 Å². The van der Waals surface area contributed by atoms with Crippen molar-refractivity contribution in [1.82, 2.24) is 19.9 Å². The maximum Gasteiger partial charge on any atom is 0.225 e. The normalized spacial score (nSPS) is 15.6. The quantitative estimate of drug-likeness (QED) is 0.917. The minimum atomic E-state index is -0.419. The smallest absolute Gasteiger partial charge is 0.225 e. The average molecular weight is 304 g/mol. The van der Waals surface area contributed by atoms with Crippen LogP contribution in [0.4, 0.5) is 16.2 Å². The fourth-order valence-corrected chi connectivity index (χ4v) is 2.43. The maximum absolute atomic E-state index is 12.8. The van der Waals surface area contributed by atoms with Crippen molar-refractivity contribution in [3.63, 3.8) is 0 Å². The molecule has 1 aliphatic heterocycles. The summed E-state index contributed by atoms with van der Waals surface area (Å²) in [6, 6.07) is 2.09. The Kier molecular flexibility index (Phi) is 4.27. The molecule has 116 valence electrons. The Hall–Kier alpha value is -2.51. The van der Waals surface area contributed by atoms with E-state index in [0.29, 0.717) is 17.9 Å². The predicted octanol–water partition coefficient (Wildman–Crippen LogP) is 1.50. The molecule has 0 saturated carbocycles. The summed E-state index contributed by atoms with van der Waals surface area (Å²) < 4.78 is 17.9. The van der Waals surface area contributed by atoms with Crippen LogP contribution in [0.25, 0.3) is 0 Å². The molecule has 1 N–H and O–H groups in total. The summed E-state index contributed by atoms with van der Waals surface area (Å²) in [5.41, 5.74) is 0. The number of anilines is 2. The molecule has 8 heteroatoms. The number of aromatic nitrogens is 4. The van der Waals surface area contributed by atoms with E-state index < -0.39 is 5.82 Å². The highest BCUT2D eigenvalue weighted by Crippen LogP contribution is 2.19. The van der Waals surface area contributed by atoms with E-state index in [2.05, 4.69) is 30.2 Å². The minimum Gasteiger partial charge on any atom is -0.481 e. The van der Waals surface area contributed by atoms with Crippen molar-refractivity contribution in [2.75, 3.05) is 30.4 Å². The third-order valence-electron chi connectivity index (χ3n) is 3.59. The Bertz CT molecular complexity index is 615. The molecular formula is C14H17FN6O. The first-order valence-corrected chi connectivity index (χ1v) is 7.09. The Labute approximate surface area is 127 Å². The highest BCUT2D eigenvalue weighted by atomic mass is 19.1. The first kappa shape index (κ1) is 14.4. The first-order valence-electron chi connectivity index (χ1n) is 7.09. The lowest BCUT2D eigenvalue weighted by molar-refractivity contribution is 0.397. The zero-order chi connectivity index (χ0) is 15.4. The summed E-state index contributed by atoms with van der Waals surface area (Å²) >= 11 is 0. The molecule has 0 aromatic carbocycles. The zero-order valence-electron chi connectivity index (χ0n) is 12.2. The van der Waals surface area contributed by atoms with Crippen molar-refractivity contribution in [2.45, 2.75) is 18.9 Å². The van der Waals surface area contributed by atoms with Crippen LogP contribution >= 0.6 is 0 Å². The molecule has 1 saturated heterocycles. The molecule has 0 aliphatic carbocycles. The number of hydrogen-bond acceptors (Lipinski definition) is 7. The van der Waals surface area contributed by atoms with Gasteiger partial charge in [0, 0.05) is 25.2 Å².